The number of carbonyl (C=O) groups excluding carboxylic acids is 2. The lowest BCUT2D eigenvalue weighted by molar-refractivity contribution is -0.125. The van der Waals surface area contributed by atoms with Crippen LogP contribution in [0.25, 0.3) is 0 Å². The van der Waals surface area contributed by atoms with E-state index in [0.29, 0.717) is 48.6 Å². The first kappa shape index (κ1) is 17.4. The third kappa shape index (κ3) is 3.36. The SMILES string of the molecule is CCOc1cc(C(=O)NNC(=O)C23CC2C3)cc(OCC)c1OCC. The van der Waals surface area contributed by atoms with Crippen LogP contribution >= 0.6 is 0 Å². The Morgan fingerprint density at radius 1 is 1.00 bits per heavy atom. The Hall–Kier alpha value is -2.44. The molecule has 7 nitrogen and oxygen atoms in total. The van der Waals surface area contributed by atoms with Gasteiger partial charge >= 0.3 is 0 Å². The number of nitrogens with one attached hydrogen (secondary N) is 2. The van der Waals surface area contributed by atoms with E-state index in [-0.39, 0.29) is 11.3 Å². The quantitative estimate of drug-likeness (QED) is 0.702. The van der Waals surface area contributed by atoms with Gasteiger partial charge in [0.05, 0.1) is 25.2 Å². The Morgan fingerprint density at radius 2 is 1.52 bits per heavy atom. The average molecular weight is 348 g/mol. The molecule has 2 N–H and O–H groups in total. The minimum Gasteiger partial charge on any atom is -0.490 e. The fourth-order valence-electron chi connectivity index (χ4n) is 2.90. The van der Waals surface area contributed by atoms with E-state index in [1.54, 1.807) is 12.1 Å². The van der Waals surface area contributed by atoms with Crippen LogP contribution in [0.3, 0.4) is 0 Å². The third-order valence-corrected chi connectivity index (χ3v) is 4.60. The Bertz CT molecular complexity index is 655. The van der Waals surface area contributed by atoms with Crippen molar-refractivity contribution in [2.75, 3.05) is 19.8 Å². The van der Waals surface area contributed by atoms with Gasteiger partial charge in [-0.25, -0.2) is 0 Å². The first-order valence-corrected chi connectivity index (χ1v) is 8.72. The molecule has 2 amide bonds. The van der Waals surface area contributed by atoms with E-state index in [0.717, 1.165) is 12.8 Å². The molecule has 1 aromatic carbocycles. The van der Waals surface area contributed by atoms with Crippen LogP contribution in [-0.2, 0) is 4.79 Å². The van der Waals surface area contributed by atoms with Gasteiger partial charge in [-0.3, -0.25) is 20.4 Å². The first-order valence-electron chi connectivity index (χ1n) is 8.72. The summed E-state index contributed by atoms with van der Waals surface area (Å²) in [6.07, 6.45) is 1.86. The van der Waals surface area contributed by atoms with E-state index in [1.807, 2.05) is 20.8 Å². The molecule has 0 saturated heterocycles. The van der Waals surface area contributed by atoms with Crippen LogP contribution in [0.15, 0.2) is 12.1 Å². The number of hydrogen-bond donors (Lipinski definition) is 2. The summed E-state index contributed by atoms with van der Waals surface area (Å²) in [6.45, 7) is 6.87. The minimum absolute atomic E-state index is 0.105. The summed E-state index contributed by atoms with van der Waals surface area (Å²) in [5.74, 6) is 1.34. The van der Waals surface area contributed by atoms with Gasteiger partial charge in [0.1, 0.15) is 0 Å². The monoisotopic (exact) mass is 348 g/mol. The highest BCUT2D eigenvalue weighted by Crippen LogP contribution is 2.75. The van der Waals surface area contributed by atoms with Crippen LogP contribution in [0.1, 0.15) is 44.0 Å². The molecular formula is C18H24N2O5. The molecule has 0 aliphatic heterocycles. The summed E-state index contributed by atoms with van der Waals surface area (Å²) >= 11 is 0. The highest BCUT2D eigenvalue weighted by molar-refractivity contribution is 5.98. The standard InChI is InChI=1S/C18H24N2O5/c1-4-23-13-7-11(8-14(24-5-2)15(13)25-6-3)16(21)19-20-17(22)18-9-12(18)10-18/h7-8,12H,4-6,9-10H2,1-3H3,(H,19,21)(H,20,22). The lowest BCUT2D eigenvalue weighted by atomic mass is 10.1. The largest absolute Gasteiger partial charge is 0.490 e. The fourth-order valence-corrected chi connectivity index (χ4v) is 2.90. The first-order chi connectivity index (χ1) is 12.1. The maximum Gasteiger partial charge on any atom is 0.269 e. The van der Waals surface area contributed by atoms with Crippen LogP contribution in [0.4, 0.5) is 0 Å². The molecule has 0 radical (unpaired) electrons. The van der Waals surface area contributed by atoms with Gasteiger partial charge < -0.3 is 14.2 Å². The Morgan fingerprint density at radius 3 is 1.96 bits per heavy atom. The molecule has 7 heteroatoms. The van der Waals surface area contributed by atoms with Gasteiger partial charge in [-0.2, -0.15) is 0 Å². The summed E-state index contributed by atoms with van der Waals surface area (Å²) in [5, 5.41) is 0. The van der Waals surface area contributed by atoms with Gasteiger partial charge in [0, 0.05) is 5.56 Å². The Balaban J connectivity index is 1.76. The maximum absolute atomic E-state index is 12.4. The molecule has 2 fully saturated rings. The Labute approximate surface area is 147 Å². The van der Waals surface area contributed by atoms with Crippen molar-refractivity contribution < 1.29 is 23.8 Å². The zero-order valence-electron chi connectivity index (χ0n) is 14.8. The lowest BCUT2D eigenvalue weighted by Crippen LogP contribution is -2.43. The van der Waals surface area contributed by atoms with Gasteiger partial charge in [-0.05, 0) is 51.7 Å². The number of amides is 2. The number of ether oxygens (including phenoxy) is 3. The zero-order valence-corrected chi connectivity index (χ0v) is 14.8. The van der Waals surface area contributed by atoms with Crippen LogP contribution in [0, 0.1) is 11.3 Å². The van der Waals surface area contributed by atoms with E-state index < -0.39 is 5.91 Å². The van der Waals surface area contributed by atoms with E-state index in [2.05, 4.69) is 10.9 Å². The molecular weight excluding hydrogens is 324 g/mol. The number of hydrazine groups is 1. The fraction of sp³-hybridized carbons (Fsp3) is 0.556. The van der Waals surface area contributed by atoms with Gasteiger partial charge in [0.25, 0.3) is 5.91 Å². The van der Waals surface area contributed by atoms with Gasteiger partial charge in [0.15, 0.2) is 11.5 Å². The number of carbonyl (C=O) groups is 2. The van der Waals surface area contributed by atoms with Crippen molar-refractivity contribution in [1.29, 1.82) is 0 Å². The lowest BCUT2D eigenvalue weighted by Gasteiger charge is -2.17. The second-order valence-corrected chi connectivity index (χ2v) is 6.27. The maximum atomic E-state index is 12.4. The molecule has 0 spiro atoms. The molecule has 0 heterocycles. The smallest absolute Gasteiger partial charge is 0.269 e. The second kappa shape index (κ2) is 6.82. The molecule has 0 aromatic heterocycles. The van der Waals surface area contributed by atoms with E-state index in [1.165, 1.54) is 0 Å². The summed E-state index contributed by atoms with van der Waals surface area (Å²) in [4.78, 5) is 24.4. The molecule has 2 saturated carbocycles. The number of rotatable bonds is 8. The molecule has 2 aliphatic rings. The van der Waals surface area contributed by atoms with Crippen molar-refractivity contribution in [3.05, 3.63) is 17.7 Å². The topological polar surface area (TPSA) is 85.9 Å². The predicted molar refractivity (Wildman–Crippen MR) is 90.7 cm³/mol. The number of hydrogen-bond acceptors (Lipinski definition) is 5. The Kier molecular flexibility index (Phi) is 4.74. The van der Waals surface area contributed by atoms with E-state index in [4.69, 9.17) is 14.2 Å². The molecule has 0 atom stereocenters. The summed E-state index contributed by atoms with van der Waals surface area (Å²) in [6, 6.07) is 3.18. The molecule has 3 rings (SSSR count). The highest BCUT2D eigenvalue weighted by atomic mass is 16.5. The third-order valence-electron chi connectivity index (χ3n) is 4.60. The number of benzene rings is 1. The molecule has 0 bridgehead atoms. The van der Waals surface area contributed by atoms with Gasteiger partial charge in [-0.1, -0.05) is 0 Å². The molecule has 0 unspecified atom stereocenters. The van der Waals surface area contributed by atoms with Gasteiger partial charge in [0.2, 0.25) is 11.7 Å². The van der Waals surface area contributed by atoms with Crippen molar-refractivity contribution in [2.24, 2.45) is 11.3 Å². The number of fused-ring (bicyclic) bond motifs is 1. The molecule has 1 aromatic rings. The second-order valence-electron chi connectivity index (χ2n) is 6.27. The van der Waals surface area contributed by atoms with Crippen LogP contribution in [0.5, 0.6) is 17.2 Å². The molecule has 2 aliphatic carbocycles. The summed E-state index contributed by atoms with van der Waals surface area (Å²) in [5.41, 5.74) is 5.12. The van der Waals surface area contributed by atoms with Crippen molar-refractivity contribution >= 4 is 11.8 Å². The van der Waals surface area contributed by atoms with Crippen molar-refractivity contribution in [3.63, 3.8) is 0 Å². The van der Waals surface area contributed by atoms with Crippen molar-refractivity contribution in [3.8, 4) is 17.2 Å². The summed E-state index contributed by atoms with van der Waals surface area (Å²) in [7, 11) is 0. The average Bonchev–Trinajstić information content (AvgIpc) is 3.45. The predicted octanol–water partition coefficient (Wildman–Crippen LogP) is 2.05. The summed E-state index contributed by atoms with van der Waals surface area (Å²) < 4.78 is 16.8. The minimum atomic E-state index is -0.424. The van der Waals surface area contributed by atoms with Gasteiger partial charge in [-0.15, -0.1) is 0 Å². The van der Waals surface area contributed by atoms with Crippen molar-refractivity contribution in [1.82, 2.24) is 10.9 Å². The van der Waals surface area contributed by atoms with E-state index >= 15 is 0 Å². The zero-order chi connectivity index (χ0) is 18.0. The van der Waals surface area contributed by atoms with E-state index in [9.17, 15) is 9.59 Å². The van der Waals surface area contributed by atoms with Crippen LogP contribution in [0.2, 0.25) is 0 Å². The normalized spacial score (nSPS) is 22.4. The highest BCUT2D eigenvalue weighted by Gasteiger charge is 2.74. The van der Waals surface area contributed by atoms with Crippen LogP contribution < -0.4 is 25.1 Å². The molecule has 25 heavy (non-hydrogen) atoms. The molecule has 136 valence electrons. The van der Waals surface area contributed by atoms with Crippen molar-refractivity contribution in [2.45, 2.75) is 33.6 Å². The van der Waals surface area contributed by atoms with Crippen LogP contribution in [-0.4, -0.2) is 31.6 Å².